The molecule has 0 aromatic carbocycles. The summed E-state index contributed by atoms with van der Waals surface area (Å²) in [6.45, 7) is 3.63. The number of carbonyl (C=O) groups is 1. The number of aromatic nitrogens is 1. The first-order valence-electron chi connectivity index (χ1n) is 6.47. The fourth-order valence-corrected chi connectivity index (χ4v) is 2.45. The van der Waals surface area contributed by atoms with Crippen LogP contribution in [0.25, 0.3) is 0 Å². The van der Waals surface area contributed by atoms with Crippen molar-refractivity contribution in [3.05, 3.63) is 17.0 Å². The van der Waals surface area contributed by atoms with Crippen LogP contribution < -0.4 is 5.32 Å². The van der Waals surface area contributed by atoms with E-state index in [4.69, 9.17) is 4.52 Å². The lowest BCUT2D eigenvalue weighted by molar-refractivity contribution is -0.122. The number of hydrogen-bond acceptors (Lipinski definition) is 4. The van der Waals surface area contributed by atoms with Gasteiger partial charge in [0.1, 0.15) is 5.76 Å². The van der Waals surface area contributed by atoms with Gasteiger partial charge >= 0.3 is 0 Å². The van der Waals surface area contributed by atoms with Gasteiger partial charge < -0.3 is 14.9 Å². The topological polar surface area (TPSA) is 75.4 Å². The second-order valence-electron chi connectivity index (χ2n) is 5.01. The van der Waals surface area contributed by atoms with E-state index < -0.39 is 6.10 Å². The molecule has 0 aliphatic heterocycles. The molecule has 1 saturated carbocycles. The predicted molar refractivity (Wildman–Crippen MR) is 66.1 cm³/mol. The van der Waals surface area contributed by atoms with Crippen molar-refractivity contribution in [1.82, 2.24) is 10.5 Å². The normalized spacial score (nSPS) is 23.9. The standard InChI is InChI=1S/C13H20N2O3/c1-8-10(9(2)18-15-8)7-13(17)14-11-5-3-4-6-12(11)16/h11-12,16H,3-7H2,1-2H3,(H,14,17)/t11-,12-/m1/s1. The second kappa shape index (κ2) is 5.52. The number of aliphatic hydroxyl groups excluding tert-OH is 1. The van der Waals surface area contributed by atoms with Crippen molar-refractivity contribution >= 4 is 5.91 Å². The summed E-state index contributed by atoms with van der Waals surface area (Å²) in [5.41, 5.74) is 1.60. The van der Waals surface area contributed by atoms with Crippen molar-refractivity contribution < 1.29 is 14.4 Å². The molecule has 5 nitrogen and oxygen atoms in total. The van der Waals surface area contributed by atoms with Crippen molar-refractivity contribution in [2.75, 3.05) is 0 Å². The van der Waals surface area contributed by atoms with Gasteiger partial charge in [0, 0.05) is 5.56 Å². The Bertz CT molecular complexity index is 408. The van der Waals surface area contributed by atoms with E-state index in [1.165, 1.54) is 0 Å². The summed E-state index contributed by atoms with van der Waals surface area (Å²) < 4.78 is 5.03. The van der Waals surface area contributed by atoms with Crippen LogP contribution in [0.4, 0.5) is 0 Å². The molecule has 2 rings (SSSR count). The Kier molecular flexibility index (Phi) is 4.01. The molecule has 2 atom stereocenters. The molecule has 100 valence electrons. The molecule has 0 spiro atoms. The maximum Gasteiger partial charge on any atom is 0.224 e. The Hall–Kier alpha value is -1.36. The number of aliphatic hydroxyl groups is 1. The highest BCUT2D eigenvalue weighted by atomic mass is 16.5. The molecule has 0 radical (unpaired) electrons. The molecular weight excluding hydrogens is 232 g/mol. The van der Waals surface area contributed by atoms with Crippen LogP contribution in [0, 0.1) is 13.8 Å². The van der Waals surface area contributed by atoms with Gasteiger partial charge in [-0.05, 0) is 26.7 Å². The lowest BCUT2D eigenvalue weighted by Gasteiger charge is -2.28. The molecule has 2 N–H and O–H groups in total. The third kappa shape index (κ3) is 2.90. The van der Waals surface area contributed by atoms with Crippen molar-refractivity contribution in [3.63, 3.8) is 0 Å². The minimum atomic E-state index is -0.410. The largest absolute Gasteiger partial charge is 0.391 e. The highest BCUT2D eigenvalue weighted by molar-refractivity contribution is 5.79. The van der Waals surface area contributed by atoms with Gasteiger partial charge in [0.05, 0.1) is 24.3 Å². The minimum Gasteiger partial charge on any atom is -0.391 e. The van der Waals surface area contributed by atoms with Gasteiger partial charge in [0.2, 0.25) is 5.91 Å². The number of nitrogens with zero attached hydrogens (tertiary/aromatic N) is 1. The Morgan fingerprint density at radius 1 is 1.44 bits per heavy atom. The van der Waals surface area contributed by atoms with Gasteiger partial charge in [-0.3, -0.25) is 4.79 Å². The van der Waals surface area contributed by atoms with E-state index in [1.54, 1.807) is 6.92 Å². The Morgan fingerprint density at radius 2 is 2.17 bits per heavy atom. The zero-order valence-corrected chi connectivity index (χ0v) is 10.9. The fraction of sp³-hybridized carbons (Fsp3) is 0.692. The molecule has 18 heavy (non-hydrogen) atoms. The van der Waals surface area contributed by atoms with Gasteiger partial charge in [-0.1, -0.05) is 18.0 Å². The zero-order valence-electron chi connectivity index (χ0n) is 10.9. The fourth-order valence-electron chi connectivity index (χ4n) is 2.45. The summed E-state index contributed by atoms with van der Waals surface area (Å²) in [4.78, 5) is 11.9. The lowest BCUT2D eigenvalue weighted by Crippen LogP contribution is -2.45. The van der Waals surface area contributed by atoms with E-state index in [0.717, 1.165) is 36.9 Å². The number of amides is 1. The van der Waals surface area contributed by atoms with Crippen LogP contribution in [0.2, 0.25) is 0 Å². The highest BCUT2D eigenvalue weighted by Gasteiger charge is 2.25. The molecule has 0 saturated heterocycles. The maximum absolute atomic E-state index is 11.9. The zero-order chi connectivity index (χ0) is 13.1. The number of rotatable bonds is 3. The Labute approximate surface area is 107 Å². The maximum atomic E-state index is 11.9. The first-order valence-corrected chi connectivity index (χ1v) is 6.47. The average molecular weight is 252 g/mol. The van der Waals surface area contributed by atoms with Gasteiger partial charge in [0.25, 0.3) is 0 Å². The number of nitrogens with one attached hydrogen (secondary N) is 1. The first kappa shape index (κ1) is 13.1. The summed E-state index contributed by atoms with van der Waals surface area (Å²) in [5, 5.41) is 16.5. The molecule has 5 heteroatoms. The molecule has 1 aliphatic carbocycles. The monoisotopic (exact) mass is 252 g/mol. The number of carbonyl (C=O) groups excluding carboxylic acids is 1. The number of aryl methyl sites for hydroxylation is 2. The van der Waals surface area contributed by atoms with Crippen molar-refractivity contribution in [3.8, 4) is 0 Å². The van der Waals surface area contributed by atoms with Crippen LogP contribution in [0.1, 0.15) is 42.7 Å². The van der Waals surface area contributed by atoms with Crippen molar-refractivity contribution in [2.24, 2.45) is 0 Å². The quantitative estimate of drug-likeness (QED) is 0.849. The van der Waals surface area contributed by atoms with Crippen LogP contribution >= 0.6 is 0 Å². The van der Waals surface area contributed by atoms with Crippen molar-refractivity contribution in [2.45, 2.75) is 58.1 Å². The lowest BCUT2D eigenvalue weighted by atomic mass is 9.92. The number of hydrogen-bond donors (Lipinski definition) is 2. The van der Waals surface area contributed by atoms with Gasteiger partial charge in [-0.2, -0.15) is 0 Å². The minimum absolute atomic E-state index is 0.0737. The summed E-state index contributed by atoms with van der Waals surface area (Å²) in [6, 6.07) is -0.105. The van der Waals surface area contributed by atoms with Crippen molar-refractivity contribution in [1.29, 1.82) is 0 Å². The molecular formula is C13H20N2O3. The van der Waals surface area contributed by atoms with E-state index in [1.807, 2.05) is 6.92 Å². The Morgan fingerprint density at radius 3 is 2.78 bits per heavy atom. The molecule has 1 heterocycles. The van der Waals surface area contributed by atoms with Gasteiger partial charge in [0.15, 0.2) is 0 Å². The first-order chi connectivity index (χ1) is 8.58. The van der Waals surface area contributed by atoms with E-state index in [0.29, 0.717) is 5.76 Å². The SMILES string of the molecule is Cc1noc(C)c1CC(=O)N[C@@H]1CCCC[C@H]1O. The summed E-state index contributed by atoms with van der Waals surface area (Å²) in [7, 11) is 0. The molecule has 1 fully saturated rings. The summed E-state index contributed by atoms with van der Waals surface area (Å²) in [5.74, 6) is 0.613. The van der Waals surface area contributed by atoms with E-state index in [2.05, 4.69) is 10.5 Å². The molecule has 1 aromatic rings. The van der Waals surface area contributed by atoms with Crippen LogP contribution in [0.15, 0.2) is 4.52 Å². The van der Waals surface area contributed by atoms with E-state index >= 15 is 0 Å². The van der Waals surface area contributed by atoms with Crippen LogP contribution in [-0.2, 0) is 11.2 Å². The molecule has 1 amide bonds. The molecule has 1 aromatic heterocycles. The van der Waals surface area contributed by atoms with Crippen LogP contribution in [0.3, 0.4) is 0 Å². The third-order valence-corrected chi connectivity index (χ3v) is 3.59. The smallest absolute Gasteiger partial charge is 0.224 e. The predicted octanol–water partition coefficient (Wildman–Crippen LogP) is 1.25. The molecule has 1 aliphatic rings. The molecule has 0 unspecified atom stereocenters. The van der Waals surface area contributed by atoms with E-state index in [-0.39, 0.29) is 18.4 Å². The third-order valence-electron chi connectivity index (χ3n) is 3.59. The highest BCUT2D eigenvalue weighted by Crippen LogP contribution is 2.19. The van der Waals surface area contributed by atoms with Crippen LogP contribution in [0.5, 0.6) is 0 Å². The van der Waals surface area contributed by atoms with E-state index in [9.17, 15) is 9.90 Å². The van der Waals surface area contributed by atoms with Gasteiger partial charge in [-0.15, -0.1) is 0 Å². The summed E-state index contributed by atoms with van der Waals surface area (Å²) >= 11 is 0. The van der Waals surface area contributed by atoms with Gasteiger partial charge in [-0.25, -0.2) is 0 Å². The second-order valence-corrected chi connectivity index (χ2v) is 5.01. The molecule has 0 bridgehead atoms. The van der Waals surface area contributed by atoms with Crippen LogP contribution in [-0.4, -0.2) is 28.3 Å². The Balaban J connectivity index is 1.92. The summed E-state index contributed by atoms with van der Waals surface area (Å²) in [6.07, 6.45) is 3.59. The average Bonchev–Trinajstić information content (AvgIpc) is 2.64.